The Kier molecular flexibility index (Phi) is 2.83. The number of aromatic nitrogens is 2. The molecule has 0 spiro atoms. The number of hydrogen-bond donors (Lipinski definition) is 0. The van der Waals surface area contributed by atoms with Crippen molar-refractivity contribution < 1.29 is 14.3 Å². The molecule has 1 aromatic heterocycles. The average Bonchev–Trinajstić information content (AvgIpc) is 3.05. The summed E-state index contributed by atoms with van der Waals surface area (Å²) in [5, 5.41) is 9.41. The Balaban J connectivity index is 1.92. The monoisotopic (exact) mass is 277 g/mol. The molecule has 19 heavy (non-hydrogen) atoms. The van der Waals surface area contributed by atoms with Crippen LogP contribution in [0.4, 0.5) is 5.13 Å². The van der Waals surface area contributed by atoms with Crippen LogP contribution >= 0.6 is 11.3 Å². The molecule has 1 amide bonds. The maximum absolute atomic E-state index is 11.3. The molecule has 0 aliphatic carbocycles. The number of ether oxygens (including phenoxy) is 2. The van der Waals surface area contributed by atoms with E-state index >= 15 is 0 Å². The fourth-order valence-corrected chi connectivity index (χ4v) is 2.48. The number of hydrogen-bond acceptors (Lipinski definition) is 6. The van der Waals surface area contributed by atoms with Gasteiger partial charge in [0.05, 0.1) is 0 Å². The topological polar surface area (TPSA) is 64.6 Å². The van der Waals surface area contributed by atoms with Gasteiger partial charge in [0, 0.05) is 19.5 Å². The molecule has 0 saturated heterocycles. The van der Waals surface area contributed by atoms with Crippen LogP contribution in [-0.4, -0.2) is 29.9 Å². The maximum Gasteiger partial charge on any atom is 0.231 e. The predicted octanol–water partition coefficient (Wildman–Crippen LogP) is 1.92. The van der Waals surface area contributed by atoms with Crippen LogP contribution in [0.5, 0.6) is 11.5 Å². The number of amides is 1. The summed E-state index contributed by atoms with van der Waals surface area (Å²) in [6, 6.07) is 5.60. The zero-order valence-electron chi connectivity index (χ0n) is 10.4. The van der Waals surface area contributed by atoms with Crippen molar-refractivity contribution in [3.05, 3.63) is 18.2 Å². The van der Waals surface area contributed by atoms with Crippen molar-refractivity contribution in [1.82, 2.24) is 10.2 Å². The molecule has 2 aromatic rings. The van der Waals surface area contributed by atoms with Crippen LogP contribution in [0.1, 0.15) is 6.92 Å². The first kappa shape index (κ1) is 11.9. The van der Waals surface area contributed by atoms with Gasteiger partial charge >= 0.3 is 0 Å². The SMILES string of the molecule is CC(=O)N(C)c1nnc(-c2ccc3c(c2)OCO3)s1. The van der Waals surface area contributed by atoms with E-state index in [0.29, 0.717) is 10.9 Å². The van der Waals surface area contributed by atoms with E-state index in [1.54, 1.807) is 7.05 Å². The molecule has 1 aliphatic rings. The second-order valence-corrected chi connectivity index (χ2v) is 4.99. The van der Waals surface area contributed by atoms with Crippen molar-refractivity contribution in [2.75, 3.05) is 18.7 Å². The van der Waals surface area contributed by atoms with Gasteiger partial charge in [-0.25, -0.2) is 0 Å². The summed E-state index contributed by atoms with van der Waals surface area (Å²) in [6.07, 6.45) is 0. The Hall–Kier alpha value is -2.15. The largest absolute Gasteiger partial charge is 0.454 e. The summed E-state index contributed by atoms with van der Waals surface area (Å²) in [7, 11) is 1.67. The fourth-order valence-electron chi connectivity index (χ4n) is 1.63. The minimum Gasteiger partial charge on any atom is -0.454 e. The number of carbonyl (C=O) groups excluding carboxylic acids is 1. The summed E-state index contributed by atoms with van der Waals surface area (Å²) in [5.41, 5.74) is 0.893. The Morgan fingerprint density at radius 1 is 1.32 bits per heavy atom. The van der Waals surface area contributed by atoms with Gasteiger partial charge in [-0.15, -0.1) is 10.2 Å². The molecule has 6 nitrogen and oxygen atoms in total. The van der Waals surface area contributed by atoms with E-state index < -0.39 is 0 Å². The van der Waals surface area contributed by atoms with Crippen LogP contribution in [-0.2, 0) is 4.79 Å². The lowest BCUT2D eigenvalue weighted by atomic mass is 10.2. The molecule has 2 heterocycles. The molecule has 0 atom stereocenters. The standard InChI is InChI=1S/C12H11N3O3S/c1-7(16)15(2)12-14-13-11(19-12)8-3-4-9-10(5-8)18-6-17-9/h3-5H,6H2,1-2H3. The number of fused-ring (bicyclic) bond motifs is 1. The molecule has 98 valence electrons. The second kappa shape index (κ2) is 4.51. The molecule has 0 N–H and O–H groups in total. The molecule has 0 bridgehead atoms. The minimum atomic E-state index is -0.0756. The zero-order valence-corrected chi connectivity index (χ0v) is 11.2. The van der Waals surface area contributed by atoms with E-state index in [0.717, 1.165) is 16.3 Å². The number of rotatable bonds is 2. The zero-order chi connectivity index (χ0) is 13.4. The highest BCUT2D eigenvalue weighted by Crippen LogP contribution is 2.37. The first-order valence-corrected chi connectivity index (χ1v) is 6.44. The lowest BCUT2D eigenvalue weighted by Gasteiger charge is -2.08. The molecule has 0 fully saturated rings. The van der Waals surface area contributed by atoms with E-state index in [-0.39, 0.29) is 12.7 Å². The third-order valence-electron chi connectivity index (χ3n) is 2.79. The highest BCUT2D eigenvalue weighted by molar-refractivity contribution is 7.18. The first-order valence-electron chi connectivity index (χ1n) is 5.63. The van der Waals surface area contributed by atoms with Crippen LogP contribution in [0.15, 0.2) is 18.2 Å². The van der Waals surface area contributed by atoms with E-state index in [2.05, 4.69) is 10.2 Å². The maximum atomic E-state index is 11.3. The Bertz CT molecular complexity index is 641. The molecular formula is C12H11N3O3S. The molecule has 1 aliphatic heterocycles. The van der Waals surface area contributed by atoms with E-state index in [1.807, 2.05) is 18.2 Å². The first-order chi connectivity index (χ1) is 9.15. The lowest BCUT2D eigenvalue weighted by Crippen LogP contribution is -2.22. The van der Waals surface area contributed by atoms with Gasteiger partial charge in [0.1, 0.15) is 5.01 Å². The van der Waals surface area contributed by atoms with Crippen LogP contribution in [0.25, 0.3) is 10.6 Å². The molecular weight excluding hydrogens is 266 g/mol. The minimum absolute atomic E-state index is 0.0756. The summed E-state index contributed by atoms with van der Waals surface area (Å²) < 4.78 is 10.6. The van der Waals surface area contributed by atoms with Gasteiger partial charge in [0.2, 0.25) is 17.8 Å². The molecule has 0 unspecified atom stereocenters. The molecule has 1 aromatic carbocycles. The van der Waals surface area contributed by atoms with Gasteiger partial charge in [-0.1, -0.05) is 11.3 Å². The van der Waals surface area contributed by atoms with E-state index in [1.165, 1.54) is 23.2 Å². The molecule has 3 rings (SSSR count). The summed E-state index contributed by atoms with van der Waals surface area (Å²) in [4.78, 5) is 12.7. The summed E-state index contributed by atoms with van der Waals surface area (Å²) in [6.45, 7) is 1.73. The van der Waals surface area contributed by atoms with Crippen molar-refractivity contribution in [2.45, 2.75) is 6.92 Å². The van der Waals surface area contributed by atoms with E-state index in [4.69, 9.17) is 9.47 Å². The number of anilines is 1. The van der Waals surface area contributed by atoms with Crippen LogP contribution in [0, 0.1) is 0 Å². The molecule has 0 saturated carbocycles. The van der Waals surface area contributed by atoms with Gasteiger partial charge in [-0.05, 0) is 18.2 Å². The highest BCUT2D eigenvalue weighted by atomic mass is 32.1. The van der Waals surface area contributed by atoms with Gasteiger partial charge in [-0.2, -0.15) is 0 Å². The van der Waals surface area contributed by atoms with Crippen LogP contribution < -0.4 is 14.4 Å². The number of carbonyl (C=O) groups is 1. The predicted molar refractivity (Wildman–Crippen MR) is 70.6 cm³/mol. The third-order valence-corrected chi connectivity index (χ3v) is 3.84. The molecule has 0 radical (unpaired) electrons. The van der Waals surface area contributed by atoms with Crippen molar-refractivity contribution >= 4 is 22.4 Å². The van der Waals surface area contributed by atoms with Crippen LogP contribution in [0.2, 0.25) is 0 Å². The fraction of sp³-hybridized carbons (Fsp3) is 0.250. The molecule has 7 heteroatoms. The smallest absolute Gasteiger partial charge is 0.231 e. The highest BCUT2D eigenvalue weighted by Gasteiger charge is 2.17. The average molecular weight is 277 g/mol. The van der Waals surface area contributed by atoms with Crippen molar-refractivity contribution in [1.29, 1.82) is 0 Å². The Morgan fingerprint density at radius 3 is 2.89 bits per heavy atom. The number of benzene rings is 1. The Labute approximate surface area is 113 Å². The van der Waals surface area contributed by atoms with Gasteiger partial charge < -0.3 is 9.47 Å². The second-order valence-electron chi connectivity index (χ2n) is 4.04. The van der Waals surface area contributed by atoms with Crippen molar-refractivity contribution in [2.24, 2.45) is 0 Å². The van der Waals surface area contributed by atoms with Gasteiger partial charge in [0.25, 0.3) is 0 Å². The van der Waals surface area contributed by atoms with E-state index in [9.17, 15) is 4.79 Å². The number of nitrogens with zero attached hydrogens (tertiary/aromatic N) is 3. The van der Waals surface area contributed by atoms with Crippen LogP contribution in [0.3, 0.4) is 0 Å². The van der Waals surface area contributed by atoms with Gasteiger partial charge in [-0.3, -0.25) is 9.69 Å². The Morgan fingerprint density at radius 2 is 2.11 bits per heavy atom. The summed E-state index contributed by atoms with van der Waals surface area (Å²) in [5.74, 6) is 1.36. The van der Waals surface area contributed by atoms with Crippen molar-refractivity contribution in [3.8, 4) is 22.1 Å². The quantitative estimate of drug-likeness (QED) is 0.839. The van der Waals surface area contributed by atoms with Crippen molar-refractivity contribution in [3.63, 3.8) is 0 Å². The lowest BCUT2D eigenvalue weighted by molar-refractivity contribution is -0.116. The third kappa shape index (κ3) is 2.12. The normalized spacial score (nSPS) is 12.5. The van der Waals surface area contributed by atoms with Gasteiger partial charge in [0.15, 0.2) is 11.5 Å². The summed E-state index contributed by atoms with van der Waals surface area (Å²) >= 11 is 1.35.